The molecule has 4 aliphatic rings. The van der Waals surface area contributed by atoms with Gasteiger partial charge in [-0.1, -0.05) is 146 Å². The molecule has 1 aliphatic heterocycles. The minimum absolute atomic E-state index is 0.164. The molecule has 0 N–H and O–H groups in total. The van der Waals surface area contributed by atoms with E-state index in [2.05, 4.69) is 121 Å². The largest absolute Gasteiger partial charge is 0.483 e. The summed E-state index contributed by atoms with van der Waals surface area (Å²) in [5.74, 6) is 0.581. The maximum atomic E-state index is 14.4. The van der Waals surface area contributed by atoms with Crippen molar-refractivity contribution in [3.05, 3.63) is 299 Å². The lowest BCUT2D eigenvalue weighted by Gasteiger charge is -2.36. The number of rotatable bonds is 6. The highest BCUT2D eigenvalue weighted by Crippen LogP contribution is 2.65. The standard InChI is InChI=1S/C75H44F6N2O2/c76-74(77,78)43-27-31-45(32-28-43)82(67-23-11-20-58-56-18-6-9-25-69(56)84-71(58)67)47-35-37-54-55-38-36-48(83(46-33-29-44(30-34-46)75(79,80)81)68-24-12-21-59-57-19-7-10-26-70(57)85-72(59)68)40-65(55)73(64(54)39-47)63-22-8-5-17-53(63)62-41-60-51-15-3-1-13-49(51)50-14-2-4-16-52(50)61(60)42-66(62)73/h1-42,58,71H. The van der Waals surface area contributed by atoms with Gasteiger partial charge in [0.2, 0.25) is 0 Å². The second-order valence-electron chi connectivity index (χ2n) is 22.4. The van der Waals surface area contributed by atoms with Crippen molar-refractivity contribution in [3.63, 3.8) is 0 Å². The fraction of sp³-hybridized carbons (Fsp3) is 0.0667. The SMILES string of the molecule is FC(F)(F)c1ccc(N(C2=CC=CC3c4ccccc4OC23)c2ccc3c(c2)C2(c4ccccc4-c4cc5c6ccccc6c6ccccc6c5cc42)c2cc(N(c4ccc(C(F)(F)F)cc4)c4cccc5c4oc4ccccc45)ccc2-3)cc1. The summed E-state index contributed by atoms with van der Waals surface area (Å²) in [6.45, 7) is 0. The van der Waals surface area contributed by atoms with Gasteiger partial charge in [0, 0.05) is 45.0 Å². The molecule has 0 saturated heterocycles. The molecule has 0 saturated carbocycles. The molecule has 0 fully saturated rings. The van der Waals surface area contributed by atoms with Crippen LogP contribution in [0, 0.1) is 0 Å². The Morgan fingerprint density at radius 1 is 0.388 bits per heavy atom. The number of benzene rings is 12. The van der Waals surface area contributed by atoms with Gasteiger partial charge in [-0.25, -0.2) is 0 Å². The number of furan rings is 1. The third kappa shape index (κ3) is 7.11. The van der Waals surface area contributed by atoms with Gasteiger partial charge in [0.25, 0.3) is 0 Å². The Balaban J connectivity index is 0.955. The molecular formula is C75H44F6N2O2. The Bertz CT molecular complexity index is 5060. The molecule has 3 aliphatic carbocycles. The van der Waals surface area contributed by atoms with E-state index in [0.717, 1.165) is 129 Å². The molecule has 1 aromatic heterocycles. The van der Waals surface area contributed by atoms with E-state index in [4.69, 9.17) is 9.15 Å². The molecule has 13 aromatic rings. The fourth-order valence-corrected chi connectivity index (χ4v) is 14.5. The average Bonchev–Trinajstić information content (AvgIpc) is 1.52. The van der Waals surface area contributed by atoms with Crippen LogP contribution in [0.1, 0.15) is 44.9 Å². The first-order valence-electron chi connectivity index (χ1n) is 28.2. The van der Waals surface area contributed by atoms with Gasteiger partial charge in [0.15, 0.2) is 5.58 Å². The number of allylic oxidation sites excluding steroid dienone is 2. The summed E-state index contributed by atoms with van der Waals surface area (Å²) in [5, 5.41) is 8.41. The number of fused-ring (bicyclic) bond motifs is 22. The van der Waals surface area contributed by atoms with Gasteiger partial charge in [-0.2, -0.15) is 26.3 Å². The molecule has 3 unspecified atom stereocenters. The van der Waals surface area contributed by atoms with E-state index in [9.17, 15) is 26.3 Å². The molecular weight excluding hydrogens is 1070 g/mol. The van der Waals surface area contributed by atoms with E-state index < -0.39 is 35.0 Å². The maximum absolute atomic E-state index is 14.4. The number of hydrogen-bond acceptors (Lipinski definition) is 4. The van der Waals surface area contributed by atoms with Gasteiger partial charge in [-0.15, -0.1) is 0 Å². The zero-order valence-corrected chi connectivity index (χ0v) is 44.9. The van der Waals surface area contributed by atoms with Gasteiger partial charge in [0.05, 0.1) is 27.9 Å². The van der Waals surface area contributed by atoms with Crippen molar-refractivity contribution in [2.24, 2.45) is 0 Å². The number of anilines is 5. The molecule has 17 rings (SSSR count). The van der Waals surface area contributed by atoms with E-state index in [1.54, 1.807) is 0 Å². The molecule has 12 aromatic carbocycles. The highest BCUT2D eigenvalue weighted by Gasteiger charge is 2.53. The van der Waals surface area contributed by atoms with E-state index in [1.807, 2.05) is 94.7 Å². The van der Waals surface area contributed by atoms with Crippen LogP contribution in [0.2, 0.25) is 0 Å². The Kier molecular flexibility index (Phi) is 10.4. The van der Waals surface area contributed by atoms with Gasteiger partial charge in [-0.05, 0) is 186 Å². The van der Waals surface area contributed by atoms with E-state index in [1.165, 1.54) is 24.3 Å². The Morgan fingerprint density at radius 3 is 1.55 bits per heavy atom. The molecule has 0 radical (unpaired) electrons. The van der Waals surface area contributed by atoms with Gasteiger partial charge in [0.1, 0.15) is 17.4 Å². The molecule has 4 nitrogen and oxygen atoms in total. The first-order chi connectivity index (χ1) is 41.4. The van der Waals surface area contributed by atoms with Crippen molar-refractivity contribution < 1.29 is 35.5 Å². The maximum Gasteiger partial charge on any atom is 0.416 e. The lowest BCUT2D eigenvalue weighted by molar-refractivity contribution is -0.138. The minimum atomic E-state index is -4.57. The van der Waals surface area contributed by atoms with E-state index in [0.29, 0.717) is 39.6 Å². The number of ether oxygens (including phenoxy) is 1. The lowest BCUT2D eigenvalue weighted by atomic mass is 9.70. The van der Waals surface area contributed by atoms with Crippen LogP contribution in [0.4, 0.5) is 54.8 Å². The van der Waals surface area contributed by atoms with Crippen LogP contribution in [0.5, 0.6) is 5.75 Å². The predicted octanol–water partition coefficient (Wildman–Crippen LogP) is 21.0. The summed E-state index contributed by atoms with van der Waals surface area (Å²) in [6, 6.07) is 75.2. The van der Waals surface area contributed by atoms with Crippen molar-refractivity contribution >= 4 is 82.7 Å². The average molecular weight is 1120 g/mol. The highest BCUT2D eigenvalue weighted by atomic mass is 19.4. The summed E-state index contributed by atoms with van der Waals surface area (Å²) in [5.41, 5.74) is 11.4. The number of alkyl halides is 6. The lowest BCUT2D eigenvalue weighted by Crippen LogP contribution is -2.33. The van der Waals surface area contributed by atoms with Gasteiger partial charge < -0.3 is 19.0 Å². The molecule has 1 spiro atoms. The summed E-state index contributed by atoms with van der Waals surface area (Å²) in [4.78, 5) is 4.03. The zero-order chi connectivity index (χ0) is 57.1. The Morgan fingerprint density at radius 2 is 0.894 bits per heavy atom. The molecule has 408 valence electrons. The van der Waals surface area contributed by atoms with Crippen molar-refractivity contribution in [2.45, 2.75) is 29.8 Å². The highest BCUT2D eigenvalue weighted by molar-refractivity contribution is 6.26. The summed E-state index contributed by atoms with van der Waals surface area (Å²) < 4.78 is 100. The summed E-state index contributed by atoms with van der Waals surface area (Å²) >= 11 is 0. The normalized spacial score (nSPS) is 17.2. The van der Waals surface area contributed by atoms with E-state index in [-0.39, 0.29) is 5.92 Å². The van der Waals surface area contributed by atoms with Crippen LogP contribution in [0.25, 0.3) is 76.5 Å². The minimum Gasteiger partial charge on any atom is -0.483 e. The van der Waals surface area contributed by atoms with Gasteiger partial charge >= 0.3 is 12.4 Å². The smallest absolute Gasteiger partial charge is 0.416 e. The van der Waals surface area contributed by atoms with Crippen molar-refractivity contribution in [3.8, 4) is 28.0 Å². The van der Waals surface area contributed by atoms with Crippen LogP contribution in [0.15, 0.2) is 265 Å². The first kappa shape index (κ1) is 49.3. The fourth-order valence-electron chi connectivity index (χ4n) is 14.5. The van der Waals surface area contributed by atoms with Crippen molar-refractivity contribution in [1.82, 2.24) is 0 Å². The Labute approximate surface area is 483 Å². The third-order valence-corrected chi connectivity index (χ3v) is 18.1. The molecule has 85 heavy (non-hydrogen) atoms. The second kappa shape index (κ2) is 17.8. The number of para-hydroxylation sites is 3. The molecule has 0 bridgehead atoms. The molecule has 0 amide bonds. The van der Waals surface area contributed by atoms with Crippen LogP contribution >= 0.6 is 0 Å². The second-order valence-corrected chi connectivity index (χ2v) is 22.4. The topological polar surface area (TPSA) is 28.9 Å². The van der Waals surface area contributed by atoms with E-state index >= 15 is 0 Å². The van der Waals surface area contributed by atoms with Crippen molar-refractivity contribution in [2.75, 3.05) is 9.80 Å². The monoisotopic (exact) mass is 1120 g/mol. The number of hydrogen-bond donors (Lipinski definition) is 0. The third-order valence-electron chi connectivity index (χ3n) is 18.1. The van der Waals surface area contributed by atoms with Crippen LogP contribution in [-0.4, -0.2) is 6.10 Å². The van der Waals surface area contributed by atoms with Crippen LogP contribution in [0.3, 0.4) is 0 Å². The summed E-state index contributed by atoms with van der Waals surface area (Å²) in [7, 11) is 0. The number of halogens is 6. The predicted molar refractivity (Wildman–Crippen MR) is 327 cm³/mol. The zero-order valence-electron chi connectivity index (χ0n) is 44.9. The molecule has 2 heterocycles. The quantitative estimate of drug-likeness (QED) is 0.123. The van der Waals surface area contributed by atoms with Crippen LogP contribution in [-0.2, 0) is 17.8 Å². The number of nitrogens with zero attached hydrogens (tertiary/aromatic N) is 2. The van der Waals surface area contributed by atoms with Crippen molar-refractivity contribution in [1.29, 1.82) is 0 Å². The summed E-state index contributed by atoms with van der Waals surface area (Å²) in [6.07, 6.45) is -3.53. The van der Waals surface area contributed by atoms with Crippen LogP contribution < -0.4 is 14.5 Å². The molecule has 3 atom stereocenters. The Hall–Kier alpha value is -10.3. The molecule has 10 heteroatoms. The van der Waals surface area contributed by atoms with Gasteiger partial charge in [-0.3, -0.25) is 0 Å². The first-order valence-corrected chi connectivity index (χ1v) is 28.2.